The Bertz CT molecular complexity index is 562. The lowest BCUT2D eigenvalue weighted by Crippen LogP contribution is -2.39. The van der Waals surface area contributed by atoms with Crippen LogP contribution < -0.4 is 5.32 Å². The fraction of sp³-hybridized carbons (Fsp3) is 0.385. The lowest BCUT2D eigenvalue weighted by atomic mass is 10.2. The third-order valence-electron chi connectivity index (χ3n) is 2.94. The maximum Gasteiger partial charge on any atom is 0.252 e. The summed E-state index contributed by atoms with van der Waals surface area (Å²) < 4.78 is 0. The van der Waals surface area contributed by atoms with Gasteiger partial charge in [-0.25, -0.2) is 4.98 Å². The summed E-state index contributed by atoms with van der Waals surface area (Å²) in [4.78, 5) is 29.1. The van der Waals surface area contributed by atoms with Crippen LogP contribution in [0.15, 0.2) is 18.3 Å². The van der Waals surface area contributed by atoms with Crippen molar-refractivity contribution < 1.29 is 9.59 Å². The lowest BCUT2D eigenvalue weighted by Gasteiger charge is -2.19. The summed E-state index contributed by atoms with van der Waals surface area (Å²) in [5.74, 6) is -0.136. The van der Waals surface area contributed by atoms with Crippen molar-refractivity contribution in [2.24, 2.45) is 0 Å². The molecule has 2 heterocycles. The first kappa shape index (κ1) is 13.0. The number of hydrogen-bond acceptors (Lipinski definition) is 5. The molecule has 1 atom stereocenters. The van der Waals surface area contributed by atoms with E-state index in [9.17, 15) is 9.59 Å². The van der Waals surface area contributed by atoms with Crippen LogP contribution in [-0.4, -0.2) is 33.8 Å². The minimum Gasteiger partial charge on any atom is -0.357 e. The Labute approximate surface area is 111 Å². The number of nitriles is 1. The Balaban J connectivity index is 2.20. The van der Waals surface area contributed by atoms with Crippen molar-refractivity contribution >= 4 is 17.6 Å². The summed E-state index contributed by atoms with van der Waals surface area (Å²) in [6.07, 6.45) is 1.63. The number of hydrogen-bond donors (Lipinski definition) is 1. The van der Waals surface area contributed by atoms with Crippen LogP contribution in [0.3, 0.4) is 0 Å². The van der Waals surface area contributed by atoms with E-state index in [0.717, 1.165) is 0 Å². The van der Waals surface area contributed by atoms with Crippen molar-refractivity contribution in [3.05, 3.63) is 23.9 Å². The second-order valence-corrected chi connectivity index (χ2v) is 4.61. The predicted octanol–water partition coefficient (Wildman–Crippen LogP) is 0.901. The fourth-order valence-corrected chi connectivity index (χ4v) is 2.08. The van der Waals surface area contributed by atoms with Crippen LogP contribution in [-0.2, 0) is 9.59 Å². The van der Waals surface area contributed by atoms with Gasteiger partial charge in [0.25, 0.3) is 5.91 Å². The van der Waals surface area contributed by atoms with E-state index in [0.29, 0.717) is 11.4 Å². The molecule has 1 fully saturated rings. The Morgan fingerprint density at radius 2 is 2.26 bits per heavy atom. The molecule has 98 valence electrons. The maximum absolute atomic E-state index is 12.1. The Hall–Kier alpha value is -2.42. The smallest absolute Gasteiger partial charge is 0.252 e. The first-order valence-corrected chi connectivity index (χ1v) is 6.02. The normalized spacial score (nSPS) is 18.8. The zero-order valence-corrected chi connectivity index (χ0v) is 10.8. The van der Waals surface area contributed by atoms with Gasteiger partial charge in [0.1, 0.15) is 17.9 Å². The van der Waals surface area contributed by atoms with E-state index in [1.165, 1.54) is 11.1 Å². The molecule has 1 aromatic rings. The summed E-state index contributed by atoms with van der Waals surface area (Å²) in [5.41, 5.74) is 0.353. The van der Waals surface area contributed by atoms with Crippen LogP contribution in [0.4, 0.5) is 5.82 Å². The highest BCUT2D eigenvalue weighted by Crippen LogP contribution is 2.20. The number of nitrogens with zero attached hydrogens (tertiary/aromatic N) is 3. The van der Waals surface area contributed by atoms with Gasteiger partial charge >= 0.3 is 0 Å². The number of aromatic nitrogens is 1. The molecule has 0 saturated carbocycles. The second-order valence-electron chi connectivity index (χ2n) is 4.61. The van der Waals surface area contributed by atoms with Gasteiger partial charge in [-0.2, -0.15) is 5.26 Å². The van der Waals surface area contributed by atoms with Crippen molar-refractivity contribution in [2.75, 3.05) is 5.32 Å². The maximum atomic E-state index is 12.1. The van der Waals surface area contributed by atoms with Gasteiger partial charge in [-0.3, -0.25) is 14.5 Å². The highest BCUT2D eigenvalue weighted by Gasteiger charge is 2.40. The molecule has 1 aliphatic heterocycles. The van der Waals surface area contributed by atoms with E-state index >= 15 is 0 Å². The summed E-state index contributed by atoms with van der Waals surface area (Å²) >= 11 is 0. The van der Waals surface area contributed by atoms with E-state index in [1.807, 2.05) is 6.07 Å². The van der Waals surface area contributed by atoms with Crippen molar-refractivity contribution in [3.8, 4) is 6.07 Å². The quantitative estimate of drug-likeness (QED) is 0.814. The summed E-state index contributed by atoms with van der Waals surface area (Å²) in [6.45, 7) is 3.58. The van der Waals surface area contributed by atoms with E-state index in [-0.39, 0.29) is 24.3 Å². The van der Waals surface area contributed by atoms with Crippen LogP contribution in [0, 0.1) is 11.3 Å². The van der Waals surface area contributed by atoms with Crippen molar-refractivity contribution in [3.63, 3.8) is 0 Å². The number of carbonyl (C=O) groups is 2. The minimum absolute atomic E-state index is 0.0957. The zero-order chi connectivity index (χ0) is 14.0. The monoisotopic (exact) mass is 258 g/mol. The van der Waals surface area contributed by atoms with Crippen molar-refractivity contribution in [1.29, 1.82) is 5.26 Å². The Morgan fingerprint density at radius 3 is 2.84 bits per heavy atom. The summed E-state index contributed by atoms with van der Waals surface area (Å²) in [6, 6.07) is 4.44. The number of carbonyl (C=O) groups excluding carboxylic acids is 2. The number of rotatable bonds is 3. The largest absolute Gasteiger partial charge is 0.357 e. The van der Waals surface area contributed by atoms with Gasteiger partial charge in [0, 0.05) is 12.2 Å². The summed E-state index contributed by atoms with van der Waals surface area (Å²) in [7, 11) is 0. The van der Waals surface area contributed by atoms with Crippen LogP contribution >= 0.6 is 0 Å². The number of nitrogens with one attached hydrogen (secondary N) is 1. The molecule has 19 heavy (non-hydrogen) atoms. The number of imide groups is 1. The molecule has 1 aromatic heterocycles. The van der Waals surface area contributed by atoms with Gasteiger partial charge in [0.15, 0.2) is 0 Å². The first-order chi connectivity index (χ1) is 9.04. The van der Waals surface area contributed by atoms with Gasteiger partial charge < -0.3 is 5.32 Å². The molecule has 1 N–H and O–H groups in total. The molecule has 1 aliphatic rings. The molecular formula is C13H14N4O2. The molecule has 1 saturated heterocycles. The Kier molecular flexibility index (Phi) is 3.47. The molecule has 0 spiro atoms. The molecule has 0 radical (unpaired) electrons. The van der Waals surface area contributed by atoms with Gasteiger partial charge in [0.2, 0.25) is 5.91 Å². The van der Waals surface area contributed by atoms with Crippen LogP contribution in [0.1, 0.15) is 25.8 Å². The molecule has 2 amide bonds. The predicted molar refractivity (Wildman–Crippen MR) is 68.0 cm³/mol. The third-order valence-corrected chi connectivity index (χ3v) is 2.94. The topological polar surface area (TPSA) is 86.1 Å². The van der Waals surface area contributed by atoms with Gasteiger partial charge in [-0.05, 0) is 26.0 Å². The Morgan fingerprint density at radius 1 is 1.53 bits per heavy atom. The molecule has 2 rings (SSSR count). The third kappa shape index (κ3) is 2.40. The van der Waals surface area contributed by atoms with Crippen LogP contribution in [0.2, 0.25) is 0 Å². The summed E-state index contributed by atoms with van der Waals surface area (Å²) in [5, 5.41) is 11.8. The van der Waals surface area contributed by atoms with E-state index in [4.69, 9.17) is 5.26 Å². The van der Waals surface area contributed by atoms with Crippen LogP contribution in [0.25, 0.3) is 0 Å². The highest BCUT2D eigenvalue weighted by molar-refractivity contribution is 6.07. The van der Waals surface area contributed by atoms with Gasteiger partial charge in [0.05, 0.1) is 12.0 Å². The standard InChI is InChI=1S/C13H14N4O2/c1-8(2)17-11(18)6-10(13(17)19)16-12-9(7-14)4-3-5-15-12/h3-5,8,10H,6H2,1-2H3,(H,15,16). The number of likely N-dealkylation sites (tertiary alicyclic amines) is 1. The van der Waals surface area contributed by atoms with E-state index in [1.54, 1.807) is 26.0 Å². The number of anilines is 1. The zero-order valence-electron chi connectivity index (χ0n) is 10.8. The van der Waals surface area contributed by atoms with Crippen molar-refractivity contribution in [2.45, 2.75) is 32.4 Å². The van der Waals surface area contributed by atoms with Gasteiger partial charge in [-0.1, -0.05) is 0 Å². The molecule has 0 aliphatic carbocycles. The lowest BCUT2D eigenvalue weighted by molar-refractivity contribution is -0.140. The first-order valence-electron chi connectivity index (χ1n) is 6.02. The van der Waals surface area contributed by atoms with E-state index in [2.05, 4.69) is 10.3 Å². The van der Waals surface area contributed by atoms with E-state index < -0.39 is 6.04 Å². The highest BCUT2D eigenvalue weighted by atomic mass is 16.2. The number of amides is 2. The molecule has 0 bridgehead atoms. The minimum atomic E-state index is -0.642. The van der Waals surface area contributed by atoms with Crippen molar-refractivity contribution in [1.82, 2.24) is 9.88 Å². The van der Waals surface area contributed by atoms with Gasteiger partial charge in [-0.15, -0.1) is 0 Å². The fourth-order valence-electron chi connectivity index (χ4n) is 2.08. The number of pyridine rings is 1. The molecule has 6 nitrogen and oxygen atoms in total. The average molecular weight is 258 g/mol. The average Bonchev–Trinajstić information content (AvgIpc) is 2.65. The molecule has 6 heteroatoms. The molecule has 1 unspecified atom stereocenters. The molecular weight excluding hydrogens is 244 g/mol. The molecule has 0 aromatic carbocycles. The van der Waals surface area contributed by atoms with Crippen LogP contribution in [0.5, 0.6) is 0 Å². The second kappa shape index (κ2) is 5.06. The SMILES string of the molecule is CC(C)N1C(=O)CC(Nc2ncccc2C#N)C1=O.